The van der Waals surface area contributed by atoms with E-state index in [1.165, 1.54) is 0 Å². The van der Waals surface area contributed by atoms with E-state index in [2.05, 4.69) is 24.6 Å². The molecule has 0 unspecified atom stereocenters. The molecular formula is C26H36N2O3S. The molecule has 1 aromatic carbocycles. The van der Waals surface area contributed by atoms with Crippen LogP contribution >= 0.6 is 0 Å². The SMILES string of the molecule is Cc1cccc(S(=O)(=O)N[C@H]2CC[C@H]3[C@@H]4CC[C@H]5N(C)C(=O)C=C[C@]5(C)[C@H]4CC[C@]23C)c1. The van der Waals surface area contributed by atoms with Crippen molar-refractivity contribution in [1.82, 2.24) is 9.62 Å². The minimum atomic E-state index is -3.53. The van der Waals surface area contributed by atoms with Crippen molar-refractivity contribution in [3.05, 3.63) is 42.0 Å². The number of aryl methyl sites for hydroxylation is 1. The van der Waals surface area contributed by atoms with Gasteiger partial charge in [-0.05, 0) is 92.4 Å². The predicted molar refractivity (Wildman–Crippen MR) is 125 cm³/mol. The Hall–Kier alpha value is -1.66. The Morgan fingerprint density at radius 2 is 1.84 bits per heavy atom. The number of hydrogen-bond acceptors (Lipinski definition) is 3. The van der Waals surface area contributed by atoms with E-state index in [-0.39, 0.29) is 28.8 Å². The van der Waals surface area contributed by atoms with Gasteiger partial charge in [0, 0.05) is 24.5 Å². The third-order valence-electron chi connectivity index (χ3n) is 9.72. The van der Waals surface area contributed by atoms with Crippen molar-refractivity contribution in [2.24, 2.45) is 28.6 Å². The van der Waals surface area contributed by atoms with E-state index >= 15 is 0 Å². The van der Waals surface area contributed by atoms with Gasteiger partial charge in [-0.25, -0.2) is 13.1 Å². The molecule has 7 atom stereocenters. The molecule has 3 aliphatic carbocycles. The quantitative estimate of drug-likeness (QED) is 0.738. The average molecular weight is 457 g/mol. The van der Waals surface area contributed by atoms with Crippen LogP contribution in [0, 0.1) is 35.5 Å². The number of hydrogen-bond donors (Lipinski definition) is 1. The summed E-state index contributed by atoms with van der Waals surface area (Å²) in [5.41, 5.74) is 0.964. The first-order valence-electron chi connectivity index (χ1n) is 12.1. The van der Waals surface area contributed by atoms with Gasteiger partial charge in [-0.2, -0.15) is 0 Å². The predicted octanol–water partition coefficient (Wildman–Crippen LogP) is 4.28. The summed E-state index contributed by atoms with van der Waals surface area (Å²) in [6.07, 6.45) is 10.3. The number of sulfonamides is 1. The molecule has 1 N–H and O–H groups in total. The van der Waals surface area contributed by atoms with E-state index in [4.69, 9.17) is 0 Å². The standard InChI is InChI=1S/C26H36N2O3S/c1-17-6-5-7-18(16-17)32(30,31)27-22-10-9-20-19-8-11-23-26(3,15-13-24(29)28(23)4)21(19)12-14-25(20,22)2/h5-7,13,15-16,19-23,27H,8-12,14H2,1-4H3/t19-,20-,21-,22-,23+,25-,26+/m0/s1. The highest BCUT2D eigenvalue weighted by atomic mass is 32.2. The first-order chi connectivity index (χ1) is 15.1. The number of benzene rings is 1. The normalized spacial score (nSPS) is 41.2. The monoisotopic (exact) mass is 456 g/mol. The number of nitrogens with zero attached hydrogens (tertiary/aromatic N) is 1. The van der Waals surface area contributed by atoms with Gasteiger partial charge in [-0.15, -0.1) is 0 Å². The largest absolute Gasteiger partial charge is 0.338 e. The summed E-state index contributed by atoms with van der Waals surface area (Å²) in [6, 6.07) is 7.44. The Labute approximate surface area is 192 Å². The number of nitrogens with one attached hydrogen (secondary N) is 1. The van der Waals surface area contributed by atoms with Gasteiger partial charge in [0.15, 0.2) is 0 Å². The van der Waals surface area contributed by atoms with Crippen LogP contribution in [-0.2, 0) is 14.8 Å². The van der Waals surface area contributed by atoms with Gasteiger partial charge in [0.05, 0.1) is 4.90 Å². The van der Waals surface area contributed by atoms with Crippen molar-refractivity contribution >= 4 is 15.9 Å². The molecule has 6 heteroatoms. The van der Waals surface area contributed by atoms with Gasteiger partial charge in [0.2, 0.25) is 15.9 Å². The second-order valence-electron chi connectivity index (χ2n) is 11.2. The number of fused-ring (bicyclic) bond motifs is 5. The van der Waals surface area contributed by atoms with Gasteiger partial charge < -0.3 is 4.90 Å². The molecule has 0 saturated heterocycles. The van der Waals surface area contributed by atoms with Crippen LogP contribution < -0.4 is 4.72 Å². The Bertz CT molecular complexity index is 1070. The van der Waals surface area contributed by atoms with Crippen LogP contribution in [-0.4, -0.2) is 38.4 Å². The van der Waals surface area contributed by atoms with Gasteiger partial charge in [-0.3, -0.25) is 4.79 Å². The minimum Gasteiger partial charge on any atom is -0.338 e. The van der Waals surface area contributed by atoms with Crippen LogP contribution in [0.1, 0.15) is 57.9 Å². The number of carbonyl (C=O) groups is 1. The zero-order valence-corrected chi connectivity index (χ0v) is 20.5. The van der Waals surface area contributed by atoms with Gasteiger partial charge in [-0.1, -0.05) is 32.1 Å². The van der Waals surface area contributed by atoms with E-state index < -0.39 is 10.0 Å². The van der Waals surface area contributed by atoms with Crippen molar-refractivity contribution in [2.45, 2.75) is 76.3 Å². The van der Waals surface area contributed by atoms with Crippen LogP contribution in [0.3, 0.4) is 0 Å². The van der Waals surface area contributed by atoms with E-state index in [1.54, 1.807) is 18.2 Å². The molecule has 0 radical (unpaired) electrons. The van der Waals surface area contributed by atoms with E-state index in [1.807, 2.05) is 31.0 Å². The highest BCUT2D eigenvalue weighted by Crippen LogP contribution is 2.64. The van der Waals surface area contributed by atoms with Crippen molar-refractivity contribution in [1.29, 1.82) is 0 Å². The zero-order valence-electron chi connectivity index (χ0n) is 19.7. The molecule has 1 aromatic rings. The summed E-state index contributed by atoms with van der Waals surface area (Å²) in [6.45, 7) is 6.60. The maximum absolute atomic E-state index is 13.2. The lowest BCUT2D eigenvalue weighted by atomic mass is 9.48. The summed E-state index contributed by atoms with van der Waals surface area (Å²) < 4.78 is 29.5. The average Bonchev–Trinajstić information content (AvgIpc) is 3.07. The van der Waals surface area contributed by atoms with Crippen LogP contribution in [0.4, 0.5) is 0 Å². The van der Waals surface area contributed by atoms with Gasteiger partial charge in [0.1, 0.15) is 0 Å². The lowest BCUT2D eigenvalue weighted by Crippen LogP contribution is -2.60. The maximum atomic E-state index is 13.2. The fourth-order valence-corrected chi connectivity index (χ4v) is 9.47. The van der Waals surface area contributed by atoms with Crippen LogP contribution in [0.15, 0.2) is 41.3 Å². The molecule has 3 fully saturated rings. The van der Waals surface area contributed by atoms with E-state index in [9.17, 15) is 13.2 Å². The maximum Gasteiger partial charge on any atom is 0.246 e. The van der Waals surface area contributed by atoms with Crippen molar-refractivity contribution in [2.75, 3.05) is 7.05 Å². The molecule has 0 spiro atoms. The minimum absolute atomic E-state index is 0.0125. The van der Waals surface area contributed by atoms with E-state index in [0.717, 1.165) is 44.1 Å². The highest BCUT2D eigenvalue weighted by molar-refractivity contribution is 7.89. The Morgan fingerprint density at radius 1 is 1.06 bits per heavy atom. The molecule has 4 aliphatic rings. The number of carbonyl (C=O) groups excluding carboxylic acids is 1. The van der Waals surface area contributed by atoms with Gasteiger partial charge >= 0.3 is 0 Å². The smallest absolute Gasteiger partial charge is 0.246 e. The first-order valence-corrected chi connectivity index (χ1v) is 13.6. The molecule has 32 heavy (non-hydrogen) atoms. The molecule has 174 valence electrons. The van der Waals surface area contributed by atoms with Crippen molar-refractivity contribution in [3.63, 3.8) is 0 Å². The summed E-state index contributed by atoms with van der Waals surface area (Å²) in [5.74, 6) is 1.80. The molecule has 0 aromatic heterocycles. The van der Waals surface area contributed by atoms with Crippen LogP contribution in [0.2, 0.25) is 0 Å². The third kappa shape index (κ3) is 3.20. The zero-order chi connectivity index (χ0) is 22.9. The van der Waals surface area contributed by atoms with Crippen LogP contribution in [0.25, 0.3) is 0 Å². The molecule has 3 saturated carbocycles. The lowest BCUT2D eigenvalue weighted by Gasteiger charge is -2.60. The summed E-state index contributed by atoms with van der Waals surface area (Å²) in [4.78, 5) is 14.6. The molecule has 5 nitrogen and oxygen atoms in total. The second kappa shape index (κ2) is 7.42. The molecule has 1 amide bonds. The van der Waals surface area contributed by atoms with Crippen molar-refractivity contribution < 1.29 is 13.2 Å². The fourth-order valence-electron chi connectivity index (χ4n) is 7.97. The number of amides is 1. The Balaban J connectivity index is 1.40. The number of likely N-dealkylation sites (N-methyl/N-ethyl adjacent to an activating group) is 1. The van der Waals surface area contributed by atoms with Gasteiger partial charge in [0.25, 0.3) is 0 Å². The van der Waals surface area contributed by atoms with E-state index in [0.29, 0.717) is 22.6 Å². The molecule has 1 aliphatic heterocycles. The Morgan fingerprint density at radius 3 is 2.59 bits per heavy atom. The third-order valence-corrected chi connectivity index (χ3v) is 11.2. The fraction of sp³-hybridized carbons (Fsp3) is 0.654. The summed E-state index contributed by atoms with van der Waals surface area (Å²) in [5, 5.41) is 0. The van der Waals surface area contributed by atoms with Crippen molar-refractivity contribution in [3.8, 4) is 0 Å². The highest BCUT2D eigenvalue weighted by Gasteiger charge is 2.60. The molecule has 0 bridgehead atoms. The first kappa shape index (κ1) is 22.1. The second-order valence-corrected chi connectivity index (χ2v) is 12.9. The Kier molecular flexibility index (Phi) is 5.14. The molecule has 5 rings (SSSR count). The molecule has 1 heterocycles. The molecular weight excluding hydrogens is 420 g/mol. The lowest BCUT2D eigenvalue weighted by molar-refractivity contribution is -0.138. The summed E-state index contributed by atoms with van der Waals surface area (Å²) >= 11 is 0. The number of rotatable bonds is 3. The summed E-state index contributed by atoms with van der Waals surface area (Å²) in [7, 11) is -1.58. The topological polar surface area (TPSA) is 66.5 Å². The van der Waals surface area contributed by atoms with Crippen LogP contribution in [0.5, 0.6) is 0 Å².